The van der Waals surface area contributed by atoms with Crippen LogP contribution in [0.4, 0.5) is 0 Å². The van der Waals surface area contributed by atoms with Gasteiger partial charge in [0.05, 0.1) is 11.1 Å². The van der Waals surface area contributed by atoms with Gasteiger partial charge in [0.1, 0.15) is 5.57 Å². The highest BCUT2D eigenvalue weighted by atomic mass is 79.9. The largest absolute Gasteiger partial charge is 0.503 e. The number of hydrogen-bond acceptors (Lipinski definition) is 5. The Morgan fingerprint density at radius 3 is 2.79 bits per heavy atom. The Labute approximate surface area is 152 Å². The molecule has 0 radical (unpaired) electrons. The molecular weight excluding hydrogens is 396 g/mol. The molecule has 1 saturated heterocycles. The average Bonchev–Trinajstić information content (AvgIpc) is 2.53. The first-order valence-corrected chi connectivity index (χ1v) is 8.24. The van der Waals surface area contributed by atoms with Crippen molar-refractivity contribution in [3.05, 3.63) is 40.4 Å². The number of hydrogen-bond donors (Lipinski definition) is 2. The van der Waals surface area contributed by atoms with Crippen LogP contribution in [0.5, 0.6) is 11.5 Å². The number of benzene rings is 1. The van der Waals surface area contributed by atoms with Crippen molar-refractivity contribution in [3.63, 3.8) is 0 Å². The summed E-state index contributed by atoms with van der Waals surface area (Å²) in [5.41, 5.74) is 0.457. The standard InChI is InChI=1S/C16H15BrN2O4S/c1-3-5-19-15(22)10(14(21)18-16(19)24)6-9-7-11(17)13(20)12(8-9)23-4-2/h3,6-8,20H,1,4-5H2,2H3,(H,18,21,24)/b10-6-. The highest BCUT2D eigenvalue weighted by molar-refractivity contribution is 9.10. The van der Waals surface area contributed by atoms with Crippen molar-refractivity contribution in [2.75, 3.05) is 13.2 Å². The molecule has 0 unspecified atom stereocenters. The smallest absolute Gasteiger partial charge is 0.265 e. The molecule has 1 aliphatic rings. The minimum absolute atomic E-state index is 0.0453. The second-order valence-electron chi connectivity index (χ2n) is 4.80. The Kier molecular flexibility index (Phi) is 5.74. The summed E-state index contributed by atoms with van der Waals surface area (Å²) in [5.74, 6) is -0.882. The van der Waals surface area contributed by atoms with Crippen LogP contribution in [-0.4, -0.2) is 40.1 Å². The Morgan fingerprint density at radius 1 is 1.46 bits per heavy atom. The lowest BCUT2D eigenvalue weighted by molar-refractivity contribution is -0.128. The zero-order valence-electron chi connectivity index (χ0n) is 12.8. The topological polar surface area (TPSA) is 78.9 Å². The van der Waals surface area contributed by atoms with Gasteiger partial charge in [0.15, 0.2) is 16.6 Å². The molecule has 24 heavy (non-hydrogen) atoms. The lowest BCUT2D eigenvalue weighted by Crippen LogP contribution is -2.53. The molecule has 2 rings (SSSR count). The summed E-state index contributed by atoms with van der Waals surface area (Å²) in [7, 11) is 0. The van der Waals surface area contributed by atoms with Gasteiger partial charge in [-0.3, -0.25) is 19.8 Å². The maximum atomic E-state index is 12.5. The van der Waals surface area contributed by atoms with Gasteiger partial charge < -0.3 is 9.84 Å². The van der Waals surface area contributed by atoms with Crippen LogP contribution in [0.15, 0.2) is 34.8 Å². The van der Waals surface area contributed by atoms with Crippen molar-refractivity contribution in [3.8, 4) is 11.5 Å². The van der Waals surface area contributed by atoms with E-state index in [1.54, 1.807) is 19.1 Å². The molecule has 1 aliphatic heterocycles. The van der Waals surface area contributed by atoms with Gasteiger partial charge >= 0.3 is 0 Å². The highest BCUT2D eigenvalue weighted by Gasteiger charge is 2.32. The van der Waals surface area contributed by atoms with E-state index in [-0.39, 0.29) is 28.7 Å². The monoisotopic (exact) mass is 410 g/mol. The van der Waals surface area contributed by atoms with Crippen molar-refractivity contribution < 1.29 is 19.4 Å². The quantitative estimate of drug-likeness (QED) is 0.337. The van der Waals surface area contributed by atoms with E-state index in [2.05, 4.69) is 27.8 Å². The fraction of sp³-hybridized carbons (Fsp3) is 0.188. The normalized spacial score (nSPS) is 16.3. The predicted octanol–water partition coefficient (Wildman–Crippen LogP) is 2.37. The van der Waals surface area contributed by atoms with Gasteiger partial charge in [0.25, 0.3) is 11.8 Å². The number of phenolic OH excluding ortho intramolecular Hbond substituents is 1. The second-order valence-corrected chi connectivity index (χ2v) is 6.05. The Hall–Kier alpha value is -2.19. The van der Waals surface area contributed by atoms with E-state index in [4.69, 9.17) is 17.0 Å². The predicted molar refractivity (Wildman–Crippen MR) is 97.6 cm³/mol. The van der Waals surface area contributed by atoms with Gasteiger partial charge in [-0.25, -0.2) is 0 Å². The molecule has 0 spiro atoms. The summed E-state index contributed by atoms with van der Waals surface area (Å²) in [5, 5.41) is 12.4. The van der Waals surface area contributed by atoms with Crippen LogP contribution < -0.4 is 10.1 Å². The van der Waals surface area contributed by atoms with E-state index in [0.29, 0.717) is 16.6 Å². The molecule has 1 aromatic carbocycles. The lowest BCUT2D eigenvalue weighted by atomic mass is 10.1. The van der Waals surface area contributed by atoms with Crippen LogP contribution in [0.2, 0.25) is 0 Å². The zero-order valence-corrected chi connectivity index (χ0v) is 15.2. The molecule has 0 saturated carbocycles. The number of halogens is 1. The molecule has 1 aromatic rings. The van der Waals surface area contributed by atoms with Crippen molar-refractivity contribution >= 4 is 51.2 Å². The van der Waals surface area contributed by atoms with Gasteiger partial charge in [0, 0.05) is 6.54 Å². The molecule has 0 atom stereocenters. The minimum Gasteiger partial charge on any atom is -0.503 e. The number of rotatable bonds is 5. The van der Waals surface area contributed by atoms with Crippen LogP contribution in [0.1, 0.15) is 12.5 Å². The Morgan fingerprint density at radius 2 is 2.17 bits per heavy atom. The van der Waals surface area contributed by atoms with E-state index in [0.717, 1.165) is 0 Å². The summed E-state index contributed by atoms with van der Waals surface area (Å²) in [6, 6.07) is 3.12. The van der Waals surface area contributed by atoms with E-state index in [1.165, 1.54) is 17.1 Å². The lowest BCUT2D eigenvalue weighted by Gasteiger charge is -2.27. The van der Waals surface area contributed by atoms with Gasteiger partial charge in [0.2, 0.25) is 0 Å². The number of nitrogens with one attached hydrogen (secondary N) is 1. The zero-order chi connectivity index (χ0) is 17.9. The van der Waals surface area contributed by atoms with Crippen molar-refractivity contribution in [1.29, 1.82) is 0 Å². The molecular formula is C16H15BrN2O4S. The number of nitrogens with zero attached hydrogens (tertiary/aromatic N) is 1. The van der Waals surface area contributed by atoms with E-state index in [9.17, 15) is 14.7 Å². The third kappa shape index (κ3) is 3.65. The molecule has 0 aromatic heterocycles. The molecule has 126 valence electrons. The number of thiocarbonyl (C=S) groups is 1. The van der Waals surface area contributed by atoms with Crippen LogP contribution in [-0.2, 0) is 9.59 Å². The number of carbonyl (C=O) groups excluding carboxylic acids is 2. The molecule has 6 nitrogen and oxygen atoms in total. The third-order valence-corrected chi connectivity index (χ3v) is 4.09. The Bertz CT molecular complexity index is 761. The molecule has 8 heteroatoms. The molecule has 2 N–H and O–H groups in total. The highest BCUT2D eigenvalue weighted by Crippen LogP contribution is 2.36. The van der Waals surface area contributed by atoms with Crippen LogP contribution in [0.25, 0.3) is 6.08 Å². The van der Waals surface area contributed by atoms with Gasteiger partial charge in [-0.1, -0.05) is 6.08 Å². The molecule has 2 amide bonds. The van der Waals surface area contributed by atoms with Crippen LogP contribution in [0, 0.1) is 0 Å². The minimum atomic E-state index is -0.576. The molecule has 1 heterocycles. The molecule has 0 aliphatic carbocycles. The van der Waals surface area contributed by atoms with Crippen molar-refractivity contribution in [1.82, 2.24) is 10.2 Å². The fourth-order valence-electron chi connectivity index (χ4n) is 2.10. The first-order chi connectivity index (χ1) is 11.4. The summed E-state index contributed by atoms with van der Waals surface area (Å²) in [6.45, 7) is 5.91. The van der Waals surface area contributed by atoms with Crippen LogP contribution in [0.3, 0.4) is 0 Å². The Balaban J connectivity index is 2.45. The van der Waals surface area contributed by atoms with Gasteiger partial charge in [-0.2, -0.15) is 0 Å². The fourth-order valence-corrected chi connectivity index (χ4v) is 2.81. The molecule has 0 bridgehead atoms. The van der Waals surface area contributed by atoms with E-state index >= 15 is 0 Å². The average molecular weight is 411 g/mol. The summed E-state index contributed by atoms with van der Waals surface area (Å²) < 4.78 is 5.73. The summed E-state index contributed by atoms with van der Waals surface area (Å²) in [4.78, 5) is 25.8. The van der Waals surface area contributed by atoms with Crippen LogP contribution >= 0.6 is 28.1 Å². The number of aromatic hydroxyl groups is 1. The van der Waals surface area contributed by atoms with E-state index in [1.807, 2.05) is 0 Å². The van der Waals surface area contributed by atoms with Crippen molar-refractivity contribution in [2.24, 2.45) is 0 Å². The number of phenols is 1. The third-order valence-electron chi connectivity index (χ3n) is 3.16. The maximum Gasteiger partial charge on any atom is 0.265 e. The number of amides is 2. The van der Waals surface area contributed by atoms with Gasteiger partial charge in [-0.15, -0.1) is 6.58 Å². The first kappa shape index (κ1) is 18.2. The van der Waals surface area contributed by atoms with Gasteiger partial charge in [-0.05, 0) is 58.8 Å². The van der Waals surface area contributed by atoms with Crippen molar-refractivity contribution in [2.45, 2.75) is 6.92 Å². The molecule has 1 fully saturated rings. The number of carbonyl (C=O) groups is 2. The van der Waals surface area contributed by atoms with E-state index < -0.39 is 11.8 Å². The first-order valence-electron chi connectivity index (χ1n) is 7.04. The summed E-state index contributed by atoms with van der Waals surface area (Å²) >= 11 is 8.21. The SMILES string of the molecule is C=CCN1C(=O)/C(=C\c2cc(Br)c(O)c(OCC)c2)C(=O)NC1=S. The summed E-state index contributed by atoms with van der Waals surface area (Å²) in [6.07, 6.45) is 2.94. The number of ether oxygens (including phenoxy) is 1. The maximum absolute atomic E-state index is 12.5. The second kappa shape index (κ2) is 7.59.